The van der Waals surface area contributed by atoms with Crippen LogP contribution < -0.4 is 16.6 Å². The normalized spacial score (nSPS) is 11.9. The van der Waals surface area contributed by atoms with E-state index < -0.39 is 0 Å². The quantitative estimate of drug-likeness (QED) is 0.765. The second kappa shape index (κ2) is 6.30. The Morgan fingerprint density at radius 1 is 1.61 bits per heavy atom. The van der Waals surface area contributed by atoms with Gasteiger partial charge in [-0.25, -0.2) is 0 Å². The monoisotopic (exact) mass is 267 g/mol. The van der Waals surface area contributed by atoms with E-state index in [-0.39, 0.29) is 17.5 Å². The Kier molecular flexibility index (Phi) is 5.03. The maximum atomic E-state index is 11.9. The molecule has 0 aliphatic carbocycles. The van der Waals surface area contributed by atoms with Crippen molar-refractivity contribution in [2.45, 2.75) is 25.8 Å². The molecule has 0 radical (unpaired) electrons. The van der Waals surface area contributed by atoms with Gasteiger partial charge in [0.05, 0.1) is 4.99 Å². The summed E-state index contributed by atoms with van der Waals surface area (Å²) in [6.45, 7) is 1.94. The maximum absolute atomic E-state index is 11.9. The van der Waals surface area contributed by atoms with Crippen molar-refractivity contribution < 1.29 is 4.79 Å². The lowest BCUT2D eigenvalue weighted by Gasteiger charge is -2.16. The van der Waals surface area contributed by atoms with E-state index in [1.807, 2.05) is 6.92 Å². The minimum absolute atomic E-state index is 0.0981. The van der Waals surface area contributed by atoms with Gasteiger partial charge in [0.2, 0.25) is 0 Å². The molecule has 3 N–H and O–H groups in total. The van der Waals surface area contributed by atoms with Gasteiger partial charge in [0.25, 0.3) is 11.5 Å². The molecule has 0 fully saturated rings. The predicted octanol–water partition coefficient (Wildman–Crippen LogP) is 0.570. The van der Waals surface area contributed by atoms with Crippen LogP contribution in [-0.2, 0) is 7.05 Å². The Bertz CT molecular complexity index is 510. The highest BCUT2D eigenvalue weighted by atomic mass is 32.1. The van der Waals surface area contributed by atoms with Gasteiger partial charge in [-0.3, -0.25) is 9.59 Å². The summed E-state index contributed by atoms with van der Waals surface area (Å²) in [5, 5.41) is 2.81. The van der Waals surface area contributed by atoms with Crippen LogP contribution >= 0.6 is 12.2 Å². The number of nitrogens with zero attached hydrogens (tertiary/aromatic N) is 1. The zero-order valence-corrected chi connectivity index (χ0v) is 11.3. The molecular formula is C12H17N3O2S. The van der Waals surface area contributed by atoms with E-state index in [0.29, 0.717) is 17.0 Å². The van der Waals surface area contributed by atoms with E-state index in [9.17, 15) is 9.59 Å². The highest BCUT2D eigenvalue weighted by Crippen LogP contribution is 2.01. The van der Waals surface area contributed by atoms with E-state index in [1.54, 1.807) is 19.3 Å². The number of hydrogen-bond acceptors (Lipinski definition) is 3. The summed E-state index contributed by atoms with van der Waals surface area (Å²) < 4.78 is 1.41. The SMILES string of the molecule is CCC(CC(N)=S)NC(=O)c1ccn(C)c(=O)c1. The van der Waals surface area contributed by atoms with Gasteiger partial charge >= 0.3 is 0 Å². The summed E-state index contributed by atoms with van der Waals surface area (Å²) in [6.07, 6.45) is 2.75. The smallest absolute Gasteiger partial charge is 0.251 e. The lowest BCUT2D eigenvalue weighted by atomic mass is 10.1. The Balaban J connectivity index is 2.77. The van der Waals surface area contributed by atoms with E-state index in [1.165, 1.54) is 10.6 Å². The number of rotatable bonds is 5. The third kappa shape index (κ3) is 3.96. The molecule has 5 nitrogen and oxygen atoms in total. The molecule has 0 aromatic carbocycles. The highest BCUT2D eigenvalue weighted by molar-refractivity contribution is 7.80. The number of pyridine rings is 1. The van der Waals surface area contributed by atoms with E-state index in [4.69, 9.17) is 18.0 Å². The summed E-state index contributed by atoms with van der Waals surface area (Å²) in [7, 11) is 1.63. The van der Waals surface area contributed by atoms with Crippen LogP contribution in [0.1, 0.15) is 30.1 Å². The number of carbonyl (C=O) groups is 1. The minimum atomic E-state index is -0.282. The van der Waals surface area contributed by atoms with Crippen LogP contribution in [0.5, 0.6) is 0 Å². The molecule has 0 aliphatic heterocycles. The summed E-state index contributed by atoms with van der Waals surface area (Å²) in [4.78, 5) is 23.7. The van der Waals surface area contributed by atoms with Crippen LogP contribution in [0.2, 0.25) is 0 Å². The van der Waals surface area contributed by atoms with E-state index >= 15 is 0 Å². The van der Waals surface area contributed by atoms with Gasteiger partial charge in [0, 0.05) is 37.3 Å². The fourth-order valence-corrected chi connectivity index (χ4v) is 1.70. The Hall–Kier alpha value is -1.69. The van der Waals surface area contributed by atoms with Crippen molar-refractivity contribution in [1.29, 1.82) is 0 Å². The molecular weight excluding hydrogens is 250 g/mol. The first-order chi connectivity index (χ1) is 8.43. The molecule has 18 heavy (non-hydrogen) atoms. The lowest BCUT2D eigenvalue weighted by molar-refractivity contribution is 0.0937. The van der Waals surface area contributed by atoms with E-state index in [0.717, 1.165) is 6.42 Å². The molecule has 6 heteroatoms. The van der Waals surface area contributed by atoms with Crippen molar-refractivity contribution in [1.82, 2.24) is 9.88 Å². The fourth-order valence-electron chi connectivity index (χ4n) is 1.50. The van der Waals surface area contributed by atoms with Gasteiger partial charge in [-0.05, 0) is 12.5 Å². The average molecular weight is 267 g/mol. The lowest BCUT2D eigenvalue weighted by Crippen LogP contribution is -2.37. The summed E-state index contributed by atoms with van der Waals surface area (Å²) in [6, 6.07) is 2.81. The van der Waals surface area contributed by atoms with Crippen molar-refractivity contribution in [3.8, 4) is 0 Å². The molecule has 1 heterocycles. The summed E-state index contributed by atoms with van der Waals surface area (Å²) in [5.41, 5.74) is 5.58. The molecule has 0 aliphatic rings. The number of nitrogens with one attached hydrogen (secondary N) is 1. The van der Waals surface area contributed by atoms with Crippen molar-refractivity contribution in [3.05, 3.63) is 34.2 Å². The number of aryl methyl sites for hydroxylation is 1. The maximum Gasteiger partial charge on any atom is 0.251 e. The zero-order valence-electron chi connectivity index (χ0n) is 10.5. The first-order valence-electron chi connectivity index (χ1n) is 5.70. The van der Waals surface area contributed by atoms with Gasteiger partial charge < -0.3 is 15.6 Å². The minimum Gasteiger partial charge on any atom is -0.393 e. The number of amides is 1. The van der Waals surface area contributed by atoms with E-state index in [2.05, 4.69) is 5.32 Å². The molecule has 1 unspecified atom stereocenters. The number of carbonyl (C=O) groups excluding carboxylic acids is 1. The topological polar surface area (TPSA) is 77.1 Å². The average Bonchev–Trinajstić information content (AvgIpc) is 2.31. The molecule has 98 valence electrons. The summed E-state index contributed by atoms with van der Waals surface area (Å²) in [5.74, 6) is -0.282. The summed E-state index contributed by atoms with van der Waals surface area (Å²) >= 11 is 4.82. The molecule has 1 amide bonds. The number of nitrogens with two attached hydrogens (primary N) is 1. The van der Waals surface area contributed by atoms with Crippen LogP contribution in [0.4, 0.5) is 0 Å². The number of hydrogen-bond donors (Lipinski definition) is 2. The molecule has 1 aromatic rings. The first-order valence-corrected chi connectivity index (χ1v) is 6.10. The fraction of sp³-hybridized carbons (Fsp3) is 0.417. The molecule has 1 atom stereocenters. The molecule has 0 saturated heterocycles. The van der Waals surface area contributed by atoms with Crippen molar-refractivity contribution in [3.63, 3.8) is 0 Å². The molecule has 1 aromatic heterocycles. The zero-order chi connectivity index (χ0) is 13.7. The Morgan fingerprint density at radius 3 is 2.78 bits per heavy atom. The van der Waals surface area contributed by atoms with Crippen LogP contribution in [0.15, 0.2) is 23.1 Å². The Labute approximate surface area is 111 Å². The highest BCUT2D eigenvalue weighted by Gasteiger charge is 2.13. The van der Waals surface area contributed by atoms with Gasteiger partial charge in [-0.2, -0.15) is 0 Å². The van der Waals surface area contributed by atoms with Crippen LogP contribution in [0.25, 0.3) is 0 Å². The number of aromatic nitrogens is 1. The van der Waals surface area contributed by atoms with Crippen molar-refractivity contribution in [2.24, 2.45) is 12.8 Å². The molecule has 0 saturated carbocycles. The van der Waals surface area contributed by atoms with Gasteiger partial charge in [-0.1, -0.05) is 19.1 Å². The Morgan fingerprint density at radius 2 is 2.28 bits per heavy atom. The second-order valence-corrected chi connectivity index (χ2v) is 4.64. The van der Waals surface area contributed by atoms with Gasteiger partial charge in [0.15, 0.2) is 0 Å². The third-order valence-corrected chi connectivity index (χ3v) is 2.81. The van der Waals surface area contributed by atoms with Crippen LogP contribution in [-0.4, -0.2) is 21.5 Å². The van der Waals surface area contributed by atoms with Gasteiger partial charge in [-0.15, -0.1) is 0 Å². The first kappa shape index (κ1) is 14.4. The standard InChI is InChI=1S/C12H17N3O2S/c1-3-9(7-10(13)18)14-12(17)8-4-5-15(2)11(16)6-8/h4-6,9H,3,7H2,1-2H3,(H2,13,18)(H,14,17). The van der Waals surface area contributed by atoms with Crippen molar-refractivity contribution in [2.75, 3.05) is 0 Å². The van der Waals surface area contributed by atoms with Crippen molar-refractivity contribution >= 4 is 23.1 Å². The largest absolute Gasteiger partial charge is 0.393 e. The second-order valence-electron chi connectivity index (χ2n) is 4.11. The van der Waals surface area contributed by atoms with Crippen LogP contribution in [0.3, 0.4) is 0 Å². The molecule has 0 spiro atoms. The molecule has 1 rings (SSSR count). The molecule has 0 bridgehead atoms. The predicted molar refractivity (Wildman–Crippen MR) is 74.6 cm³/mol. The third-order valence-electron chi connectivity index (χ3n) is 2.64. The van der Waals surface area contributed by atoms with Crippen LogP contribution in [0, 0.1) is 0 Å². The van der Waals surface area contributed by atoms with Gasteiger partial charge in [0.1, 0.15) is 0 Å². The number of thiocarbonyl (C=S) groups is 1.